The molecule has 24 heavy (non-hydrogen) atoms. The fourth-order valence-corrected chi connectivity index (χ4v) is 4.40. The van der Waals surface area contributed by atoms with Crippen molar-refractivity contribution in [3.63, 3.8) is 0 Å². The number of hydrogen-bond acceptors (Lipinski definition) is 4. The van der Waals surface area contributed by atoms with Crippen molar-refractivity contribution < 1.29 is 23.1 Å². The second-order valence-electron chi connectivity index (χ2n) is 5.73. The number of rotatable bonds is 6. The zero-order chi connectivity index (χ0) is 17.7. The fourth-order valence-electron chi connectivity index (χ4n) is 2.70. The predicted octanol–water partition coefficient (Wildman–Crippen LogP) is 1.45. The molecule has 0 aliphatic carbocycles. The number of carbonyl (C=O) groups excluding carboxylic acids is 1. The molecule has 1 aromatic carbocycles. The summed E-state index contributed by atoms with van der Waals surface area (Å²) in [5.74, 6) is -1.84. The molecule has 7 nitrogen and oxygen atoms in total. The van der Waals surface area contributed by atoms with Crippen molar-refractivity contribution in [2.45, 2.75) is 43.5 Å². The minimum atomic E-state index is -3.78. The van der Waals surface area contributed by atoms with Gasteiger partial charge in [-0.15, -0.1) is 0 Å². The molecule has 2 rings (SSSR count). The summed E-state index contributed by atoms with van der Waals surface area (Å²) in [7, 11) is -3.78. The molecule has 0 spiro atoms. The van der Waals surface area contributed by atoms with E-state index in [0.717, 1.165) is 19.3 Å². The molecule has 1 aliphatic rings. The molecule has 2 N–H and O–H groups in total. The normalized spacial score (nSPS) is 17.2. The van der Waals surface area contributed by atoms with Gasteiger partial charge in [-0.2, -0.15) is 4.31 Å². The summed E-state index contributed by atoms with van der Waals surface area (Å²) >= 11 is 0. The van der Waals surface area contributed by atoms with E-state index in [1.165, 1.54) is 16.4 Å². The number of sulfonamides is 1. The Balaban J connectivity index is 2.33. The molecule has 132 valence electrons. The topological polar surface area (TPSA) is 104 Å². The highest BCUT2D eigenvalue weighted by molar-refractivity contribution is 7.89. The van der Waals surface area contributed by atoms with E-state index in [1.807, 2.05) is 0 Å². The molecule has 0 aromatic heterocycles. The maximum atomic E-state index is 12.8. The third-order valence-electron chi connectivity index (χ3n) is 4.08. The van der Waals surface area contributed by atoms with Gasteiger partial charge >= 0.3 is 5.97 Å². The highest BCUT2D eigenvalue weighted by Gasteiger charge is 2.30. The second kappa shape index (κ2) is 7.76. The van der Waals surface area contributed by atoms with Gasteiger partial charge in [0.15, 0.2) is 0 Å². The zero-order valence-corrected chi connectivity index (χ0v) is 14.4. The predicted molar refractivity (Wildman–Crippen MR) is 88.2 cm³/mol. The molecule has 1 aliphatic heterocycles. The van der Waals surface area contributed by atoms with Gasteiger partial charge in [-0.1, -0.05) is 25.5 Å². The van der Waals surface area contributed by atoms with Crippen LogP contribution in [-0.2, 0) is 14.8 Å². The van der Waals surface area contributed by atoms with Crippen molar-refractivity contribution in [1.82, 2.24) is 9.62 Å². The van der Waals surface area contributed by atoms with Crippen LogP contribution in [0.3, 0.4) is 0 Å². The van der Waals surface area contributed by atoms with Gasteiger partial charge in [-0.3, -0.25) is 4.79 Å². The fraction of sp³-hybridized carbons (Fsp3) is 0.500. The number of aliphatic carboxylic acids is 1. The number of carboxylic acid groups (broad SMARTS) is 1. The lowest BCUT2D eigenvalue weighted by atomic mass is 10.1. The van der Waals surface area contributed by atoms with Crippen molar-refractivity contribution >= 4 is 21.9 Å². The molecule has 1 unspecified atom stereocenters. The Morgan fingerprint density at radius 3 is 2.42 bits per heavy atom. The average molecular weight is 354 g/mol. The van der Waals surface area contributed by atoms with Gasteiger partial charge in [0.2, 0.25) is 10.0 Å². The van der Waals surface area contributed by atoms with E-state index in [-0.39, 0.29) is 16.9 Å². The first-order valence-corrected chi connectivity index (χ1v) is 9.44. The largest absolute Gasteiger partial charge is 0.480 e. The number of carboxylic acids is 1. The number of nitrogens with zero attached hydrogens (tertiary/aromatic N) is 1. The van der Waals surface area contributed by atoms with Gasteiger partial charge in [-0.05, 0) is 31.4 Å². The molecular formula is C16H22N2O5S. The number of piperidine rings is 1. The number of benzene rings is 1. The molecule has 1 heterocycles. The van der Waals surface area contributed by atoms with Crippen molar-refractivity contribution in [2.24, 2.45) is 0 Å². The molecule has 1 aromatic rings. The Labute approximate surface area is 141 Å². The Hall–Kier alpha value is -1.93. The van der Waals surface area contributed by atoms with E-state index in [4.69, 9.17) is 5.11 Å². The molecular weight excluding hydrogens is 332 g/mol. The molecule has 0 radical (unpaired) electrons. The number of amides is 1. The van der Waals surface area contributed by atoms with E-state index < -0.39 is 27.9 Å². The number of hydrogen-bond donors (Lipinski definition) is 2. The summed E-state index contributed by atoms with van der Waals surface area (Å²) in [6.07, 6.45) is 2.79. The highest BCUT2D eigenvalue weighted by Crippen LogP contribution is 2.23. The van der Waals surface area contributed by atoms with Crippen LogP contribution in [-0.4, -0.2) is 48.8 Å². The highest BCUT2D eigenvalue weighted by atomic mass is 32.2. The first kappa shape index (κ1) is 18.4. The third kappa shape index (κ3) is 3.93. The monoisotopic (exact) mass is 354 g/mol. The van der Waals surface area contributed by atoms with Crippen LogP contribution >= 0.6 is 0 Å². The lowest BCUT2D eigenvalue weighted by Crippen LogP contribution is -2.41. The van der Waals surface area contributed by atoms with E-state index in [2.05, 4.69) is 5.32 Å². The van der Waals surface area contributed by atoms with Gasteiger partial charge in [0.1, 0.15) is 6.04 Å². The number of carbonyl (C=O) groups is 2. The summed E-state index contributed by atoms with van der Waals surface area (Å²) < 4.78 is 27.0. The molecule has 1 fully saturated rings. The maximum absolute atomic E-state index is 12.8. The van der Waals surface area contributed by atoms with E-state index in [1.54, 1.807) is 19.1 Å². The molecule has 1 saturated heterocycles. The van der Waals surface area contributed by atoms with Crippen molar-refractivity contribution in [2.75, 3.05) is 13.1 Å². The van der Waals surface area contributed by atoms with Crippen LogP contribution in [0.5, 0.6) is 0 Å². The van der Waals surface area contributed by atoms with Crippen LogP contribution in [0.15, 0.2) is 29.2 Å². The van der Waals surface area contributed by atoms with Crippen LogP contribution in [0, 0.1) is 0 Å². The van der Waals surface area contributed by atoms with Crippen LogP contribution in [0.4, 0.5) is 0 Å². The summed E-state index contributed by atoms with van der Waals surface area (Å²) in [6.45, 7) is 2.51. The lowest BCUT2D eigenvalue weighted by molar-refractivity contribution is -0.139. The Morgan fingerprint density at radius 1 is 1.21 bits per heavy atom. The van der Waals surface area contributed by atoms with Gasteiger partial charge in [-0.25, -0.2) is 13.2 Å². The van der Waals surface area contributed by atoms with E-state index in [9.17, 15) is 18.0 Å². The Morgan fingerprint density at radius 2 is 1.83 bits per heavy atom. The smallest absolute Gasteiger partial charge is 0.326 e. The molecule has 0 bridgehead atoms. The van der Waals surface area contributed by atoms with Gasteiger partial charge in [0.05, 0.1) is 10.5 Å². The third-order valence-corrected chi connectivity index (χ3v) is 6.03. The Bertz CT molecular complexity index is 711. The molecule has 0 saturated carbocycles. The first-order valence-electron chi connectivity index (χ1n) is 8.00. The van der Waals surface area contributed by atoms with Crippen LogP contribution in [0.1, 0.15) is 43.0 Å². The van der Waals surface area contributed by atoms with Crippen molar-refractivity contribution in [3.8, 4) is 0 Å². The summed E-state index contributed by atoms with van der Waals surface area (Å²) in [5.41, 5.74) is -0.0252. The first-order chi connectivity index (χ1) is 11.4. The standard InChI is InChI=1S/C16H22N2O5S/c1-2-13(16(20)21)17-15(19)12-8-4-5-9-14(12)24(22,23)18-10-6-3-7-11-18/h4-5,8-9,13H,2-3,6-7,10-11H2,1H3,(H,17,19)(H,20,21). The van der Waals surface area contributed by atoms with Crippen LogP contribution in [0.2, 0.25) is 0 Å². The SMILES string of the molecule is CCC(NC(=O)c1ccccc1S(=O)(=O)N1CCCCC1)C(=O)O. The van der Waals surface area contributed by atoms with Crippen molar-refractivity contribution in [3.05, 3.63) is 29.8 Å². The zero-order valence-electron chi connectivity index (χ0n) is 13.6. The maximum Gasteiger partial charge on any atom is 0.326 e. The summed E-state index contributed by atoms with van der Waals surface area (Å²) in [4.78, 5) is 23.4. The Kier molecular flexibility index (Phi) is 5.95. The van der Waals surface area contributed by atoms with E-state index in [0.29, 0.717) is 13.1 Å². The van der Waals surface area contributed by atoms with Gasteiger partial charge < -0.3 is 10.4 Å². The molecule has 1 atom stereocenters. The van der Waals surface area contributed by atoms with Crippen molar-refractivity contribution in [1.29, 1.82) is 0 Å². The molecule has 1 amide bonds. The van der Waals surface area contributed by atoms with Crippen LogP contribution < -0.4 is 5.32 Å². The second-order valence-corrected chi connectivity index (χ2v) is 7.64. The lowest BCUT2D eigenvalue weighted by Gasteiger charge is -2.26. The van der Waals surface area contributed by atoms with Crippen LogP contribution in [0.25, 0.3) is 0 Å². The minimum Gasteiger partial charge on any atom is -0.480 e. The van der Waals surface area contributed by atoms with Gasteiger partial charge in [0, 0.05) is 13.1 Å². The number of nitrogens with one attached hydrogen (secondary N) is 1. The summed E-state index contributed by atoms with van der Waals surface area (Å²) in [5, 5.41) is 11.4. The summed E-state index contributed by atoms with van der Waals surface area (Å²) in [6, 6.07) is 4.86. The van der Waals surface area contributed by atoms with E-state index >= 15 is 0 Å². The minimum absolute atomic E-state index is 0.0252. The van der Waals surface area contributed by atoms with Gasteiger partial charge in [0.25, 0.3) is 5.91 Å². The molecule has 8 heteroatoms. The average Bonchev–Trinajstić information content (AvgIpc) is 2.60. The quantitative estimate of drug-likeness (QED) is 0.805.